The number of hydrogen-bond donors (Lipinski definition) is 0. The van der Waals surface area contributed by atoms with E-state index in [9.17, 15) is 9.59 Å². The smallest absolute Gasteiger partial charge is 0.356 e. The zero-order valence-electron chi connectivity index (χ0n) is 17.6. The molecule has 1 heterocycles. The second-order valence-electron chi connectivity index (χ2n) is 6.76. The Hall–Kier alpha value is -3.32. The fourth-order valence-electron chi connectivity index (χ4n) is 3.23. The lowest BCUT2D eigenvalue weighted by atomic mass is 10.0. The van der Waals surface area contributed by atoms with Crippen LogP contribution in [-0.2, 0) is 39.2 Å². The van der Waals surface area contributed by atoms with Crippen LogP contribution in [-0.4, -0.2) is 28.8 Å². The van der Waals surface area contributed by atoms with Crippen LogP contribution in [0.5, 0.6) is 5.75 Å². The third kappa shape index (κ3) is 5.44. The first-order valence-corrected chi connectivity index (χ1v) is 10.1. The summed E-state index contributed by atoms with van der Waals surface area (Å²) < 4.78 is 13.1. The van der Waals surface area contributed by atoms with Crippen molar-refractivity contribution in [3.05, 3.63) is 64.8 Å². The van der Waals surface area contributed by atoms with E-state index in [0.717, 1.165) is 22.2 Å². The van der Waals surface area contributed by atoms with Crippen molar-refractivity contribution in [1.29, 1.82) is 0 Å². The molecular formula is C23H23ClN2O5. The van der Waals surface area contributed by atoms with Gasteiger partial charge in [-0.15, -0.1) is 0 Å². The highest BCUT2D eigenvalue weighted by Crippen LogP contribution is 2.28. The summed E-state index contributed by atoms with van der Waals surface area (Å²) in [4.78, 5) is 28.4. The van der Waals surface area contributed by atoms with Crippen LogP contribution in [0.15, 0.2) is 53.7 Å². The Morgan fingerprint density at radius 2 is 1.81 bits per heavy atom. The maximum Gasteiger partial charge on any atom is 0.356 e. The van der Waals surface area contributed by atoms with Crippen molar-refractivity contribution in [2.24, 2.45) is 12.2 Å². The number of fused-ring (bicyclic) bond motifs is 1. The highest BCUT2D eigenvalue weighted by Gasteiger charge is 2.22. The Morgan fingerprint density at radius 3 is 2.48 bits per heavy atom. The van der Waals surface area contributed by atoms with E-state index in [4.69, 9.17) is 25.9 Å². The third-order valence-corrected chi connectivity index (χ3v) is 4.92. The molecule has 0 N–H and O–H groups in total. The van der Waals surface area contributed by atoms with E-state index in [-0.39, 0.29) is 25.3 Å². The first-order chi connectivity index (χ1) is 14.9. The predicted molar refractivity (Wildman–Crippen MR) is 118 cm³/mol. The van der Waals surface area contributed by atoms with Crippen molar-refractivity contribution in [3.8, 4) is 5.75 Å². The van der Waals surface area contributed by atoms with E-state index in [1.807, 2.05) is 35.9 Å². The fourth-order valence-corrected chi connectivity index (χ4v) is 3.36. The minimum Gasteiger partial charge on any atom is -0.487 e. The predicted octanol–water partition coefficient (Wildman–Crippen LogP) is 4.44. The molecule has 2 aromatic carbocycles. The minimum absolute atomic E-state index is 0.00106. The number of carbonyl (C=O) groups excluding carboxylic acids is 2. The molecule has 1 aromatic heterocycles. The van der Waals surface area contributed by atoms with E-state index in [2.05, 4.69) is 5.16 Å². The summed E-state index contributed by atoms with van der Waals surface area (Å²) in [6, 6.07) is 14.9. The largest absolute Gasteiger partial charge is 0.487 e. The molecule has 3 rings (SSSR count). The third-order valence-electron chi connectivity index (χ3n) is 4.67. The molecule has 0 aliphatic carbocycles. The van der Waals surface area contributed by atoms with Crippen molar-refractivity contribution in [2.45, 2.75) is 26.9 Å². The van der Waals surface area contributed by atoms with Gasteiger partial charge in [0, 0.05) is 36.3 Å². The van der Waals surface area contributed by atoms with Gasteiger partial charge in [-0.1, -0.05) is 35.0 Å². The van der Waals surface area contributed by atoms with E-state index in [1.165, 1.54) is 6.92 Å². The second kappa shape index (κ2) is 10.1. The molecular weight excluding hydrogens is 420 g/mol. The van der Waals surface area contributed by atoms with Crippen molar-refractivity contribution in [3.63, 3.8) is 0 Å². The normalized spacial score (nSPS) is 11.4. The molecule has 0 spiro atoms. The molecule has 8 heteroatoms. The summed E-state index contributed by atoms with van der Waals surface area (Å²) in [5, 5.41) is 5.32. The van der Waals surface area contributed by atoms with Gasteiger partial charge >= 0.3 is 11.9 Å². The Kier molecular flexibility index (Phi) is 7.31. The fraction of sp³-hybridized carbons (Fsp3) is 0.261. The number of halogens is 1. The van der Waals surface area contributed by atoms with Gasteiger partial charge in [0.15, 0.2) is 5.71 Å². The van der Waals surface area contributed by atoms with Crippen LogP contribution in [0.3, 0.4) is 0 Å². The lowest BCUT2D eigenvalue weighted by Gasteiger charge is -2.11. The van der Waals surface area contributed by atoms with Gasteiger partial charge in [0.05, 0.1) is 12.3 Å². The summed E-state index contributed by atoms with van der Waals surface area (Å²) in [6.07, 6.45) is 0.118. The van der Waals surface area contributed by atoms with E-state index in [1.54, 1.807) is 31.2 Å². The van der Waals surface area contributed by atoms with Crippen LogP contribution < -0.4 is 4.74 Å². The molecule has 0 saturated carbocycles. The van der Waals surface area contributed by atoms with Gasteiger partial charge < -0.3 is 18.9 Å². The Balaban J connectivity index is 1.99. The lowest BCUT2D eigenvalue weighted by molar-refractivity contribution is -0.141. The number of aryl methyl sites for hydroxylation is 1. The second-order valence-corrected chi connectivity index (χ2v) is 7.20. The van der Waals surface area contributed by atoms with E-state index >= 15 is 0 Å². The highest BCUT2D eigenvalue weighted by molar-refractivity contribution is 6.37. The molecule has 0 bridgehead atoms. The number of rotatable bonds is 8. The van der Waals surface area contributed by atoms with Crippen molar-refractivity contribution in [2.75, 3.05) is 6.61 Å². The SMILES string of the molecule is CCOC(=O)C(Cc1c(COc2ccc(Cl)cc2)n(C)c2ccccc12)=NOC(C)=O. The summed E-state index contributed by atoms with van der Waals surface area (Å²) in [5.41, 5.74) is 2.67. The quantitative estimate of drug-likeness (QED) is 0.223. The molecule has 162 valence electrons. The number of para-hydroxylation sites is 1. The van der Waals surface area contributed by atoms with Gasteiger partial charge in [0.25, 0.3) is 0 Å². The highest BCUT2D eigenvalue weighted by atomic mass is 35.5. The topological polar surface area (TPSA) is 79.1 Å². The Labute approximate surface area is 185 Å². The number of nitrogens with zero attached hydrogens (tertiary/aromatic N) is 2. The minimum atomic E-state index is -0.638. The summed E-state index contributed by atoms with van der Waals surface area (Å²) in [5.74, 6) is -0.591. The van der Waals surface area contributed by atoms with Crippen molar-refractivity contribution < 1.29 is 23.9 Å². The molecule has 0 radical (unpaired) electrons. The molecule has 0 atom stereocenters. The van der Waals surface area contributed by atoms with Gasteiger partial charge in [-0.05, 0) is 42.8 Å². The summed E-state index contributed by atoms with van der Waals surface area (Å²) in [6.45, 7) is 3.35. The molecule has 31 heavy (non-hydrogen) atoms. The number of carbonyl (C=O) groups is 2. The van der Waals surface area contributed by atoms with Gasteiger partial charge in [0.2, 0.25) is 0 Å². The Bertz CT molecular complexity index is 1120. The van der Waals surface area contributed by atoms with E-state index in [0.29, 0.717) is 10.8 Å². The summed E-state index contributed by atoms with van der Waals surface area (Å²) >= 11 is 5.94. The van der Waals surface area contributed by atoms with Crippen molar-refractivity contribution >= 4 is 40.2 Å². The molecule has 0 saturated heterocycles. The molecule has 3 aromatic rings. The molecule has 0 aliphatic rings. The van der Waals surface area contributed by atoms with Crippen LogP contribution >= 0.6 is 11.6 Å². The van der Waals surface area contributed by atoms with Gasteiger partial charge in [-0.3, -0.25) is 0 Å². The molecule has 7 nitrogen and oxygen atoms in total. The monoisotopic (exact) mass is 442 g/mol. The van der Waals surface area contributed by atoms with Crippen LogP contribution in [0.25, 0.3) is 10.9 Å². The number of ether oxygens (including phenoxy) is 2. The van der Waals surface area contributed by atoms with Gasteiger partial charge in [-0.25, -0.2) is 9.59 Å². The summed E-state index contributed by atoms with van der Waals surface area (Å²) in [7, 11) is 1.93. The van der Waals surface area contributed by atoms with Crippen LogP contribution in [0.1, 0.15) is 25.1 Å². The van der Waals surface area contributed by atoms with Gasteiger partial charge in [-0.2, -0.15) is 0 Å². The van der Waals surface area contributed by atoms with Crippen LogP contribution in [0.2, 0.25) is 5.02 Å². The molecule has 0 amide bonds. The van der Waals surface area contributed by atoms with Crippen molar-refractivity contribution in [1.82, 2.24) is 4.57 Å². The first kappa shape index (κ1) is 22.4. The zero-order chi connectivity index (χ0) is 22.4. The van der Waals surface area contributed by atoms with Crippen LogP contribution in [0.4, 0.5) is 0 Å². The average molecular weight is 443 g/mol. The number of oxime groups is 1. The Morgan fingerprint density at radius 1 is 1.10 bits per heavy atom. The number of hydrogen-bond acceptors (Lipinski definition) is 6. The molecule has 0 fully saturated rings. The molecule has 0 unspecified atom stereocenters. The number of aromatic nitrogens is 1. The van der Waals surface area contributed by atoms with Gasteiger partial charge in [0.1, 0.15) is 12.4 Å². The molecule has 0 aliphatic heterocycles. The maximum atomic E-state index is 12.4. The standard InChI is InChI=1S/C23H23ClN2O5/c1-4-29-23(28)20(25-31-15(2)27)13-19-18-7-5-6-8-21(18)26(3)22(19)14-30-17-11-9-16(24)10-12-17/h5-12H,4,13-14H2,1-3H3. The average Bonchev–Trinajstić information content (AvgIpc) is 3.02. The van der Waals surface area contributed by atoms with E-state index < -0.39 is 11.9 Å². The first-order valence-electron chi connectivity index (χ1n) is 9.75. The maximum absolute atomic E-state index is 12.4. The van der Waals surface area contributed by atoms with Crippen LogP contribution in [0, 0.1) is 0 Å². The number of benzene rings is 2. The zero-order valence-corrected chi connectivity index (χ0v) is 18.3. The number of esters is 1. The lowest BCUT2D eigenvalue weighted by Crippen LogP contribution is -2.21.